The number of aromatic nitrogens is 3. The third-order valence-corrected chi connectivity index (χ3v) is 3.84. The predicted molar refractivity (Wildman–Crippen MR) is 90.7 cm³/mol. The van der Waals surface area contributed by atoms with E-state index in [1.807, 2.05) is 6.92 Å². The Morgan fingerprint density at radius 3 is 2.74 bits per heavy atom. The van der Waals surface area contributed by atoms with E-state index in [0.29, 0.717) is 30.2 Å². The predicted octanol–water partition coefficient (Wildman–Crippen LogP) is 4.02. The molecule has 0 aliphatic carbocycles. The smallest absolute Gasteiger partial charge is 0.417 e. The average Bonchev–Trinajstić information content (AvgIpc) is 3.07. The zero-order valence-electron chi connectivity index (χ0n) is 14.0. The molecule has 10 heteroatoms. The minimum atomic E-state index is -4.64. The van der Waals surface area contributed by atoms with Crippen LogP contribution in [0.4, 0.5) is 13.2 Å². The molecule has 3 aromatic rings. The van der Waals surface area contributed by atoms with Crippen LogP contribution in [0.25, 0.3) is 11.4 Å². The van der Waals surface area contributed by atoms with Crippen LogP contribution in [0.5, 0.6) is 5.75 Å². The quantitative estimate of drug-likeness (QED) is 0.648. The lowest BCUT2D eigenvalue weighted by Crippen LogP contribution is -2.23. The largest absolute Gasteiger partial charge is 0.493 e. The maximum Gasteiger partial charge on any atom is 0.417 e. The summed E-state index contributed by atoms with van der Waals surface area (Å²) < 4.78 is 50.1. The molecule has 0 amide bonds. The maximum atomic E-state index is 12.9. The first-order valence-corrected chi connectivity index (χ1v) is 8.19. The first-order chi connectivity index (χ1) is 12.8. The van der Waals surface area contributed by atoms with E-state index in [1.165, 1.54) is 0 Å². The number of rotatable bonds is 5. The van der Waals surface area contributed by atoms with Crippen LogP contribution in [0.2, 0.25) is 5.02 Å². The molecule has 0 unspecified atom stereocenters. The first kappa shape index (κ1) is 19.0. The molecule has 3 rings (SSSR count). The highest BCUT2D eigenvalue weighted by Crippen LogP contribution is 2.30. The van der Waals surface area contributed by atoms with Gasteiger partial charge in [0, 0.05) is 6.20 Å². The van der Waals surface area contributed by atoms with Crippen LogP contribution in [-0.2, 0) is 12.7 Å². The summed E-state index contributed by atoms with van der Waals surface area (Å²) >= 11 is 5.63. The lowest BCUT2D eigenvalue weighted by Gasteiger charge is -2.10. The number of pyridine rings is 1. The fourth-order valence-corrected chi connectivity index (χ4v) is 2.60. The van der Waals surface area contributed by atoms with E-state index < -0.39 is 22.3 Å². The van der Waals surface area contributed by atoms with Crippen molar-refractivity contribution < 1.29 is 22.4 Å². The molecule has 0 aliphatic heterocycles. The van der Waals surface area contributed by atoms with Crippen molar-refractivity contribution in [2.45, 2.75) is 19.6 Å². The number of nitrogens with zero attached hydrogens (tertiary/aromatic N) is 3. The number of halogens is 4. The van der Waals surface area contributed by atoms with Gasteiger partial charge in [-0.25, -0.2) is 0 Å². The normalized spacial score (nSPS) is 11.6. The molecule has 0 aliphatic rings. The van der Waals surface area contributed by atoms with Crippen molar-refractivity contribution in [1.29, 1.82) is 0 Å². The van der Waals surface area contributed by atoms with Gasteiger partial charge in [-0.2, -0.15) is 18.2 Å². The highest BCUT2D eigenvalue weighted by atomic mass is 35.5. The number of ether oxygens (including phenoxy) is 1. The molecule has 0 N–H and O–H groups in total. The first-order valence-electron chi connectivity index (χ1n) is 7.81. The number of alkyl halides is 3. The van der Waals surface area contributed by atoms with Crippen molar-refractivity contribution >= 4 is 11.6 Å². The van der Waals surface area contributed by atoms with Gasteiger partial charge < -0.3 is 13.8 Å². The van der Waals surface area contributed by atoms with Gasteiger partial charge in [-0.1, -0.05) is 28.9 Å². The van der Waals surface area contributed by atoms with Crippen LogP contribution in [0.15, 0.2) is 45.8 Å². The molecule has 0 radical (unpaired) electrons. The van der Waals surface area contributed by atoms with Crippen LogP contribution in [0, 0.1) is 0 Å². The molecule has 0 bridgehead atoms. The third kappa shape index (κ3) is 4.13. The second kappa shape index (κ2) is 7.43. The van der Waals surface area contributed by atoms with Crippen LogP contribution in [0.1, 0.15) is 18.4 Å². The molecule has 1 aromatic carbocycles. The monoisotopic (exact) mass is 399 g/mol. The standard InChI is InChI=1S/C17H13ClF3N3O3/c1-2-26-13-6-4-3-5-11(13)15-22-14(27-23-15)9-24-8-10(17(19,20)21)7-12(18)16(24)25/h3-8H,2,9H2,1H3. The fraction of sp³-hybridized carbons (Fsp3) is 0.235. The van der Waals surface area contributed by atoms with Crippen LogP contribution in [-0.4, -0.2) is 21.3 Å². The zero-order chi connectivity index (χ0) is 19.6. The van der Waals surface area contributed by atoms with Crippen molar-refractivity contribution in [3.63, 3.8) is 0 Å². The Kier molecular flexibility index (Phi) is 5.22. The summed E-state index contributed by atoms with van der Waals surface area (Å²) in [5.41, 5.74) is -1.28. The van der Waals surface area contributed by atoms with E-state index in [2.05, 4.69) is 10.1 Å². The Morgan fingerprint density at radius 2 is 2.04 bits per heavy atom. The van der Waals surface area contributed by atoms with Gasteiger partial charge in [0.1, 0.15) is 17.3 Å². The molecule has 0 spiro atoms. The number of hydrogen-bond acceptors (Lipinski definition) is 5. The van der Waals surface area contributed by atoms with Gasteiger partial charge in [0.25, 0.3) is 5.56 Å². The van der Waals surface area contributed by atoms with Gasteiger partial charge in [-0.15, -0.1) is 0 Å². The number of para-hydroxylation sites is 1. The summed E-state index contributed by atoms with van der Waals surface area (Å²) in [4.78, 5) is 16.2. The highest BCUT2D eigenvalue weighted by Gasteiger charge is 2.32. The van der Waals surface area contributed by atoms with Gasteiger partial charge in [-0.05, 0) is 25.1 Å². The van der Waals surface area contributed by atoms with E-state index in [1.54, 1.807) is 24.3 Å². The molecule has 142 valence electrons. The highest BCUT2D eigenvalue weighted by molar-refractivity contribution is 6.30. The van der Waals surface area contributed by atoms with Crippen molar-refractivity contribution in [1.82, 2.24) is 14.7 Å². The lowest BCUT2D eigenvalue weighted by atomic mass is 10.2. The van der Waals surface area contributed by atoms with Crippen LogP contribution < -0.4 is 10.3 Å². The van der Waals surface area contributed by atoms with Crippen LogP contribution in [0.3, 0.4) is 0 Å². The Hall–Kier alpha value is -2.81. The van der Waals surface area contributed by atoms with Gasteiger partial charge in [0.2, 0.25) is 11.7 Å². The summed E-state index contributed by atoms with van der Waals surface area (Å²) in [5, 5.41) is 3.26. The fourth-order valence-electron chi connectivity index (χ4n) is 2.38. The van der Waals surface area contributed by atoms with Crippen molar-refractivity contribution in [3.05, 3.63) is 63.4 Å². The minimum Gasteiger partial charge on any atom is -0.493 e. The van der Waals surface area contributed by atoms with Gasteiger partial charge in [0.05, 0.1) is 17.7 Å². The molecule has 27 heavy (non-hydrogen) atoms. The molecule has 2 aromatic heterocycles. The molecular weight excluding hydrogens is 387 g/mol. The summed E-state index contributed by atoms with van der Waals surface area (Å²) in [7, 11) is 0. The van der Waals surface area contributed by atoms with Crippen molar-refractivity contribution in [2.75, 3.05) is 6.61 Å². The second-order valence-corrected chi connectivity index (χ2v) is 5.86. The maximum absolute atomic E-state index is 12.9. The number of hydrogen-bond donors (Lipinski definition) is 0. The molecule has 2 heterocycles. The molecule has 0 atom stereocenters. The SMILES string of the molecule is CCOc1ccccc1-c1noc(Cn2cc(C(F)(F)F)cc(Cl)c2=O)n1. The molecule has 0 saturated carbocycles. The van der Waals surface area contributed by atoms with Gasteiger partial charge >= 0.3 is 6.18 Å². The van der Waals surface area contributed by atoms with E-state index in [9.17, 15) is 18.0 Å². The Bertz CT molecular complexity index is 1010. The summed E-state index contributed by atoms with van der Waals surface area (Å²) in [6.07, 6.45) is -3.98. The van der Waals surface area contributed by atoms with Gasteiger partial charge in [-0.3, -0.25) is 4.79 Å². The minimum absolute atomic E-state index is 0.0474. The van der Waals surface area contributed by atoms with E-state index in [-0.39, 0.29) is 18.3 Å². The Labute approximate surface area is 156 Å². The summed E-state index contributed by atoms with van der Waals surface area (Å²) in [6.45, 7) is 1.90. The summed E-state index contributed by atoms with van der Waals surface area (Å²) in [6, 6.07) is 7.56. The molecule has 6 nitrogen and oxygen atoms in total. The molecule has 0 fully saturated rings. The Balaban J connectivity index is 1.94. The van der Waals surface area contributed by atoms with Gasteiger partial charge in [0.15, 0.2) is 0 Å². The van der Waals surface area contributed by atoms with Crippen LogP contribution >= 0.6 is 11.6 Å². The number of benzene rings is 1. The zero-order valence-corrected chi connectivity index (χ0v) is 14.7. The topological polar surface area (TPSA) is 70.2 Å². The molecular formula is C17H13ClF3N3O3. The van der Waals surface area contributed by atoms with E-state index in [4.69, 9.17) is 20.9 Å². The lowest BCUT2D eigenvalue weighted by molar-refractivity contribution is -0.138. The Morgan fingerprint density at radius 1 is 1.30 bits per heavy atom. The van der Waals surface area contributed by atoms with E-state index in [0.717, 1.165) is 4.57 Å². The molecule has 0 saturated heterocycles. The van der Waals surface area contributed by atoms with Crippen molar-refractivity contribution in [2.24, 2.45) is 0 Å². The third-order valence-electron chi connectivity index (χ3n) is 3.57. The second-order valence-electron chi connectivity index (χ2n) is 5.45. The van der Waals surface area contributed by atoms with Crippen molar-refractivity contribution in [3.8, 4) is 17.1 Å². The average molecular weight is 400 g/mol. The summed E-state index contributed by atoms with van der Waals surface area (Å²) in [5.74, 6) is 0.681. The van der Waals surface area contributed by atoms with E-state index >= 15 is 0 Å².